The fraction of sp³-hybridized carbons (Fsp3) is 0.667. The highest BCUT2D eigenvalue weighted by molar-refractivity contribution is 5.49. The average molecular weight is 307 g/mol. The number of nitrogens with one attached hydrogen (secondary N) is 1. The lowest BCUT2D eigenvalue weighted by Gasteiger charge is -2.26. The van der Waals surface area contributed by atoms with E-state index in [4.69, 9.17) is 10.6 Å². The van der Waals surface area contributed by atoms with Gasteiger partial charge in [-0.15, -0.1) is 0 Å². The normalized spacial score (nSPS) is 11.8. The Morgan fingerprint density at radius 2 is 2.05 bits per heavy atom. The zero-order chi connectivity index (χ0) is 16.0. The van der Waals surface area contributed by atoms with Crippen LogP contribution in [0.15, 0.2) is 6.07 Å². The predicted octanol–water partition coefficient (Wildman–Crippen LogP) is 1.89. The molecule has 0 aromatic carbocycles. The Kier molecular flexibility index (Phi) is 6.16. The SMILES string of the molecule is COCCN(CC(C)C)c1cc(NN)nc(C(F)(F)F)n1. The van der Waals surface area contributed by atoms with E-state index >= 15 is 0 Å². The first kappa shape index (κ1) is 17.4. The van der Waals surface area contributed by atoms with Crippen molar-refractivity contribution in [1.29, 1.82) is 0 Å². The van der Waals surface area contributed by atoms with Crippen molar-refractivity contribution in [3.05, 3.63) is 11.9 Å². The van der Waals surface area contributed by atoms with Crippen LogP contribution in [0.1, 0.15) is 19.7 Å². The number of alkyl halides is 3. The molecule has 0 fully saturated rings. The second-order valence-corrected chi connectivity index (χ2v) is 4.91. The first-order valence-electron chi connectivity index (χ1n) is 6.44. The van der Waals surface area contributed by atoms with Crippen molar-refractivity contribution in [3.63, 3.8) is 0 Å². The standard InChI is InChI=1S/C12H20F3N5O/c1-8(2)7-20(4-5-21-3)10-6-9(19-16)17-11(18-10)12(13,14)15/h6,8H,4-5,7,16H2,1-3H3,(H,17,18,19). The molecule has 0 saturated carbocycles. The number of ether oxygens (including phenoxy) is 1. The number of anilines is 2. The minimum absolute atomic E-state index is 0.0847. The van der Waals surface area contributed by atoms with E-state index in [1.54, 1.807) is 4.90 Å². The molecule has 0 bridgehead atoms. The number of hydrogen-bond donors (Lipinski definition) is 2. The molecule has 21 heavy (non-hydrogen) atoms. The van der Waals surface area contributed by atoms with E-state index in [9.17, 15) is 13.2 Å². The lowest BCUT2D eigenvalue weighted by Crippen LogP contribution is -2.32. The van der Waals surface area contributed by atoms with Gasteiger partial charge in [0, 0.05) is 26.3 Å². The van der Waals surface area contributed by atoms with Gasteiger partial charge < -0.3 is 15.1 Å². The Balaban J connectivity index is 3.16. The molecule has 0 spiro atoms. The molecule has 1 aromatic rings. The maximum absolute atomic E-state index is 12.8. The van der Waals surface area contributed by atoms with Crippen LogP contribution in [0.5, 0.6) is 0 Å². The molecule has 0 aliphatic heterocycles. The summed E-state index contributed by atoms with van der Waals surface area (Å²) < 4.78 is 43.5. The molecule has 0 atom stereocenters. The minimum Gasteiger partial charge on any atom is -0.383 e. The molecule has 0 aliphatic carbocycles. The zero-order valence-corrected chi connectivity index (χ0v) is 12.2. The van der Waals surface area contributed by atoms with Gasteiger partial charge in [0.1, 0.15) is 11.6 Å². The maximum Gasteiger partial charge on any atom is 0.451 e. The van der Waals surface area contributed by atoms with E-state index in [-0.39, 0.29) is 17.6 Å². The summed E-state index contributed by atoms with van der Waals surface area (Å²) in [5.41, 5.74) is 2.14. The van der Waals surface area contributed by atoms with E-state index < -0.39 is 12.0 Å². The van der Waals surface area contributed by atoms with Crippen LogP contribution < -0.4 is 16.2 Å². The Morgan fingerprint density at radius 3 is 2.52 bits per heavy atom. The van der Waals surface area contributed by atoms with E-state index in [0.29, 0.717) is 19.7 Å². The second kappa shape index (κ2) is 7.41. The smallest absolute Gasteiger partial charge is 0.383 e. The van der Waals surface area contributed by atoms with Crippen molar-refractivity contribution < 1.29 is 17.9 Å². The van der Waals surface area contributed by atoms with Crippen LogP contribution in [0.25, 0.3) is 0 Å². The van der Waals surface area contributed by atoms with Gasteiger partial charge in [-0.3, -0.25) is 0 Å². The number of aromatic nitrogens is 2. The Bertz CT molecular complexity index is 453. The van der Waals surface area contributed by atoms with Crippen LogP contribution in [0.2, 0.25) is 0 Å². The number of nitrogens with two attached hydrogens (primary N) is 1. The third-order valence-electron chi connectivity index (χ3n) is 2.59. The molecule has 9 heteroatoms. The van der Waals surface area contributed by atoms with Gasteiger partial charge in [0.05, 0.1) is 6.61 Å². The summed E-state index contributed by atoms with van der Waals surface area (Å²) in [5.74, 6) is 4.29. The summed E-state index contributed by atoms with van der Waals surface area (Å²) in [6.07, 6.45) is -4.63. The summed E-state index contributed by atoms with van der Waals surface area (Å²) in [6.45, 7) is 5.28. The third kappa shape index (κ3) is 5.35. The number of hydrazine groups is 1. The van der Waals surface area contributed by atoms with Crippen molar-refractivity contribution >= 4 is 11.6 Å². The van der Waals surface area contributed by atoms with Crippen LogP contribution >= 0.6 is 0 Å². The molecule has 3 N–H and O–H groups in total. The molecule has 1 rings (SSSR count). The van der Waals surface area contributed by atoms with Crippen molar-refractivity contribution in [2.75, 3.05) is 37.1 Å². The molecule has 1 heterocycles. The Morgan fingerprint density at radius 1 is 1.38 bits per heavy atom. The predicted molar refractivity (Wildman–Crippen MR) is 73.8 cm³/mol. The second-order valence-electron chi connectivity index (χ2n) is 4.91. The van der Waals surface area contributed by atoms with Gasteiger partial charge in [-0.25, -0.2) is 15.8 Å². The van der Waals surface area contributed by atoms with Gasteiger partial charge in [0.2, 0.25) is 5.82 Å². The zero-order valence-electron chi connectivity index (χ0n) is 12.2. The van der Waals surface area contributed by atoms with Crippen molar-refractivity contribution in [1.82, 2.24) is 9.97 Å². The highest BCUT2D eigenvalue weighted by atomic mass is 19.4. The van der Waals surface area contributed by atoms with Gasteiger partial charge in [-0.1, -0.05) is 13.8 Å². The van der Waals surface area contributed by atoms with Crippen LogP contribution in [0.4, 0.5) is 24.8 Å². The number of nitrogens with zero attached hydrogens (tertiary/aromatic N) is 3. The Labute approximate surface area is 121 Å². The first-order valence-corrected chi connectivity index (χ1v) is 6.44. The van der Waals surface area contributed by atoms with Gasteiger partial charge in [0.25, 0.3) is 0 Å². The van der Waals surface area contributed by atoms with Gasteiger partial charge >= 0.3 is 6.18 Å². The molecule has 0 unspecified atom stereocenters. The van der Waals surface area contributed by atoms with Crippen molar-refractivity contribution in [2.24, 2.45) is 11.8 Å². The lowest BCUT2D eigenvalue weighted by molar-refractivity contribution is -0.144. The third-order valence-corrected chi connectivity index (χ3v) is 2.59. The fourth-order valence-electron chi connectivity index (χ4n) is 1.74. The largest absolute Gasteiger partial charge is 0.451 e. The van der Waals surface area contributed by atoms with Crippen LogP contribution in [-0.4, -0.2) is 36.8 Å². The van der Waals surface area contributed by atoms with Crippen molar-refractivity contribution in [3.8, 4) is 0 Å². The number of halogens is 3. The fourth-order valence-corrected chi connectivity index (χ4v) is 1.74. The van der Waals surface area contributed by atoms with Gasteiger partial charge in [-0.05, 0) is 5.92 Å². The number of rotatable bonds is 7. The number of methoxy groups -OCH3 is 1. The molecule has 0 aliphatic rings. The van der Waals surface area contributed by atoms with E-state index in [1.807, 2.05) is 13.8 Å². The molecular formula is C12H20F3N5O. The van der Waals surface area contributed by atoms with Crippen LogP contribution in [-0.2, 0) is 10.9 Å². The minimum atomic E-state index is -4.63. The summed E-state index contributed by atoms with van der Waals surface area (Å²) >= 11 is 0. The van der Waals surface area contributed by atoms with Gasteiger partial charge in [0.15, 0.2) is 0 Å². The molecule has 1 aromatic heterocycles. The number of hydrogen-bond acceptors (Lipinski definition) is 6. The topological polar surface area (TPSA) is 76.3 Å². The summed E-state index contributed by atoms with van der Waals surface area (Å²) in [4.78, 5) is 8.65. The summed E-state index contributed by atoms with van der Waals surface area (Å²) in [7, 11) is 1.53. The lowest BCUT2D eigenvalue weighted by atomic mass is 10.2. The van der Waals surface area contributed by atoms with Crippen molar-refractivity contribution in [2.45, 2.75) is 20.0 Å². The van der Waals surface area contributed by atoms with E-state index in [1.165, 1.54) is 13.2 Å². The highest BCUT2D eigenvalue weighted by Crippen LogP contribution is 2.29. The monoisotopic (exact) mass is 307 g/mol. The molecule has 120 valence electrons. The molecular weight excluding hydrogens is 287 g/mol. The average Bonchev–Trinajstić information content (AvgIpc) is 2.41. The quantitative estimate of drug-likeness (QED) is 0.592. The molecule has 0 radical (unpaired) electrons. The van der Waals surface area contributed by atoms with Crippen LogP contribution in [0.3, 0.4) is 0 Å². The Hall–Kier alpha value is -1.61. The number of nitrogen functional groups attached to an aromatic ring is 1. The van der Waals surface area contributed by atoms with Crippen LogP contribution in [0, 0.1) is 5.92 Å². The van der Waals surface area contributed by atoms with E-state index in [0.717, 1.165) is 0 Å². The van der Waals surface area contributed by atoms with Gasteiger partial charge in [-0.2, -0.15) is 13.2 Å². The van der Waals surface area contributed by atoms with E-state index in [2.05, 4.69) is 15.4 Å². The maximum atomic E-state index is 12.8. The highest BCUT2D eigenvalue weighted by Gasteiger charge is 2.36. The molecule has 0 saturated heterocycles. The summed E-state index contributed by atoms with van der Waals surface area (Å²) in [6, 6.07) is 1.38. The molecule has 6 nitrogen and oxygen atoms in total. The summed E-state index contributed by atoms with van der Waals surface area (Å²) in [5, 5.41) is 0. The molecule has 0 amide bonds. The first-order chi connectivity index (χ1) is 9.77.